The monoisotopic (exact) mass is 169 g/mol. The van der Waals surface area contributed by atoms with Crippen molar-refractivity contribution >= 4 is 5.97 Å². The van der Waals surface area contributed by atoms with Crippen LogP contribution in [0.3, 0.4) is 0 Å². The molecule has 1 unspecified atom stereocenters. The lowest BCUT2D eigenvalue weighted by Gasteiger charge is -2.22. The van der Waals surface area contributed by atoms with Crippen molar-refractivity contribution in [2.24, 2.45) is 17.6 Å². The molecule has 2 aliphatic carbocycles. The Morgan fingerprint density at radius 2 is 2.08 bits per heavy atom. The van der Waals surface area contributed by atoms with Gasteiger partial charge < -0.3 is 10.8 Å². The van der Waals surface area contributed by atoms with Crippen molar-refractivity contribution in [1.82, 2.24) is 0 Å². The second-order valence-corrected chi connectivity index (χ2v) is 4.22. The molecule has 3 nitrogen and oxygen atoms in total. The van der Waals surface area contributed by atoms with E-state index in [-0.39, 0.29) is 17.4 Å². The second kappa shape index (κ2) is 2.46. The molecule has 68 valence electrons. The molecule has 2 rings (SSSR count). The van der Waals surface area contributed by atoms with Gasteiger partial charge in [-0.25, -0.2) is 0 Å². The van der Waals surface area contributed by atoms with E-state index in [1.165, 1.54) is 0 Å². The molecule has 0 spiro atoms. The summed E-state index contributed by atoms with van der Waals surface area (Å²) in [5.74, 6) is -0.540. The first-order valence-corrected chi connectivity index (χ1v) is 4.65. The van der Waals surface area contributed by atoms with Gasteiger partial charge in [0.2, 0.25) is 0 Å². The molecule has 0 saturated heterocycles. The van der Waals surface area contributed by atoms with Crippen LogP contribution in [0.2, 0.25) is 0 Å². The van der Waals surface area contributed by atoms with Crippen LogP contribution in [0.25, 0.3) is 0 Å². The number of nitrogens with two attached hydrogens (primary N) is 1. The van der Waals surface area contributed by atoms with Crippen LogP contribution >= 0.6 is 0 Å². The quantitative estimate of drug-likeness (QED) is 0.647. The largest absolute Gasteiger partial charge is 0.481 e. The van der Waals surface area contributed by atoms with Crippen LogP contribution in [0.4, 0.5) is 0 Å². The second-order valence-electron chi connectivity index (χ2n) is 4.22. The molecule has 2 saturated carbocycles. The molecule has 0 aromatic heterocycles. The van der Waals surface area contributed by atoms with E-state index < -0.39 is 5.97 Å². The molecule has 0 heterocycles. The van der Waals surface area contributed by atoms with Gasteiger partial charge in [-0.3, -0.25) is 4.79 Å². The van der Waals surface area contributed by atoms with Gasteiger partial charge in [0, 0.05) is 5.54 Å². The predicted molar refractivity (Wildman–Crippen MR) is 44.6 cm³/mol. The smallest absolute Gasteiger partial charge is 0.306 e. The molecule has 12 heavy (non-hydrogen) atoms. The molecule has 0 aliphatic heterocycles. The molecular weight excluding hydrogens is 154 g/mol. The summed E-state index contributed by atoms with van der Waals surface area (Å²) in [4.78, 5) is 10.8. The Hall–Kier alpha value is -0.570. The normalized spacial score (nSPS) is 38.1. The summed E-state index contributed by atoms with van der Waals surface area (Å²) in [5.41, 5.74) is 5.92. The third kappa shape index (κ3) is 1.12. The molecule has 2 atom stereocenters. The van der Waals surface area contributed by atoms with Crippen LogP contribution in [0.5, 0.6) is 0 Å². The average Bonchev–Trinajstić information content (AvgIpc) is 2.61. The molecular formula is C9H15NO2. The van der Waals surface area contributed by atoms with Crippen LogP contribution in [0.1, 0.15) is 32.1 Å². The van der Waals surface area contributed by atoms with Crippen molar-refractivity contribution in [3.05, 3.63) is 0 Å². The summed E-state index contributed by atoms with van der Waals surface area (Å²) in [5, 5.41) is 8.92. The molecule has 0 amide bonds. The Labute approximate surface area is 71.9 Å². The van der Waals surface area contributed by atoms with E-state index in [4.69, 9.17) is 10.8 Å². The lowest BCUT2D eigenvalue weighted by Crippen LogP contribution is -2.37. The maximum atomic E-state index is 10.8. The van der Waals surface area contributed by atoms with E-state index in [0.717, 1.165) is 32.1 Å². The van der Waals surface area contributed by atoms with E-state index in [9.17, 15) is 4.79 Å². The van der Waals surface area contributed by atoms with Gasteiger partial charge in [-0.05, 0) is 31.6 Å². The molecule has 0 bridgehead atoms. The van der Waals surface area contributed by atoms with Gasteiger partial charge in [-0.2, -0.15) is 0 Å². The van der Waals surface area contributed by atoms with E-state index in [1.807, 2.05) is 0 Å². The summed E-state index contributed by atoms with van der Waals surface area (Å²) in [6, 6.07) is 0. The van der Waals surface area contributed by atoms with Crippen LogP contribution < -0.4 is 5.73 Å². The molecule has 0 radical (unpaired) electrons. The summed E-state index contributed by atoms with van der Waals surface area (Å²) in [7, 11) is 0. The predicted octanol–water partition coefficient (Wildman–Crippen LogP) is 0.979. The van der Waals surface area contributed by atoms with Gasteiger partial charge >= 0.3 is 5.97 Å². The minimum atomic E-state index is -0.644. The first kappa shape index (κ1) is 8.05. The van der Waals surface area contributed by atoms with Crippen molar-refractivity contribution in [3.8, 4) is 0 Å². The van der Waals surface area contributed by atoms with Crippen molar-refractivity contribution in [2.75, 3.05) is 0 Å². The maximum absolute atomic E-state index is 10.8. The molecule has 0 aromatic rings. The Kier molecular flexibility index (Phi) is 1.65. The van der Waals surface area contributed by atoms with Crippen LogP contribution in [0, 0.1) is 11.8 Å². The van der Waals surface area contributed by atoms with Gasteiger partial charge in [0.15, 0.2) is 0 Å². The number of carboxylic acid groups (broad SMARTS) is 1. The fourth-order valence-electron chi connectivity index (χ4n) is 2.46. The maximum Gasteiger partial charge on any atom is 0.306 e. The van der Waals surface area contributed by atoms with Crippen molar-refractivity contribution in [3.63, 3.8) is 0 Å². The zero-order valence-electron chi connectivity index (χ0n) is 7.12. The molecule has 2 aliphatic rings. The first-order valence-electron chi connectivity index (χ1n) is 4.65. The summed E-state index contributed by atoms with van der Waals surface area (Å²) in [6.07, 6.45) is 4.95. The highest BCUT2D eigenvalue weighted by atomic mass is 16.4. The van der Waals surface area contributed by atoms with E-state index in [0.29, 0.717) is 0 Å². The van der Waals surface area contributed by atoms with E-state index >= 15 is 0 Å². The summed E-state index contributed by atoms with van der Waals surface area (Å²) >= 11 is 0. The van der Waals surface area contributed by atoms with Gasteiger partial charge in [-0.1, -0.05) is 6.42 Å². The first-order chi connectivity index (χ1) is 5.63. The van der Waals surface area contributed by atoms with Crippen molar-refractivity contribution < 1.29 is 9.90 Å². The van der Waals surface area contributed by atoms with Crippen LogP contribution in [-0.4, -0.2) is 16.6 Å². The fraction of sp³-hybridized carbons (Fsp3) is 0.889. The van der Waals surface area contributed by atoms with E-state index in [2.05, 4.69) is 0 Å². The number of aliphatic carboxylic acids is 1. The van der Waals surface area contributed by atoms with Gasteiger partial charge in [0.25, 0.3) is 0 Å². The minimum absolute atomic E-state index is 0.0977. The van der Waals surface area contributed by atoms with Gasteiger partial charge in [0.05, 0.1) is 5.92 Å². The average molecular weight is 169 g/mol. The third-order valence-corrected chi connectivity index (χ3v) is 3.40. The Bertz CT molecular complexity index is 211. The fourth-order valence-corrected chi connectivity index (χ4v) is 2.46. The third-order valence-electron chi connectivity index (χ3n) is 3.40. The Morgan fingerprint density at radius 3 is 2.58 bits per heavy atom. The minimum Gasteiger partial charge on any atom is -0.481 e. The topological polar surface area (TPSA) is 63.3 Å². The molecule has 2 fully saturated rings. The van der Waals surface area contributed by atoms with Crippen molar-refractivity contribution in [1.29, 1.82) is 0 Å². The standard InChI is InChI=1S/C9H15NO2/c10-9(4-5-9)7-3-1-2-6(7)8(11)12/h6-7H,1-5,10H2,(H,11,12)/t6-,7?/m0/s1. The number of carbonyl (C=O) groups is 1. The highest BCUT2D eigenvalue weighted by Crippen LogP contribution is 2.49. The number of hydrogen-bond acceptors (Lipinski definition) is 2. The highest BCUT2D eigenvalue weighted by molar-refractivity contribution is 5.71. The van der Waals surface area contributed by atoms with Gasteiger partial charge in [-0.15, -0.1) is 0 Å². The lowest BCUT2D eigenvalue weighted by atomic mass is 9.87. The number of hydrogen-bond donors (Lipinski definition) is 2. The number of carboxylic acids is 1. The Morgan fingerprint density at radius 1 is 1.42 bits per heavy atom. The Balaban J connectivity index is 2.09. The highest BCUT2D eigenvalue weighted by Gasteiger charge is 2.52. The number of rotatable bonds is 2. The summed E-state index contributed by atoms with van der Waals surface area (Å²) < 4.78 is 0. The molecule has 3 N–H and O–H groups in total. The van der Waals surface area contributed by atoms with Crippen molar-refractivity contribution in [2.45, 2.75) is 37.6 Å². The zero-order valence-corrected chi connectivity index (χ0v) is 7.12. The lowest BCUT2D eigenvalue weighted by molar-refractivity contribution is -0.143. The summed E-state index contributed by atoms with van der Waals surface area (Å²) in [6.45, 7) is 0. The van der Waals surface area contributed by atoms with Crippen LogP contribution in [-0.2, 0) is 4.79 Å². The van der Waals surface area contributed by atoms with Gasteiger partial charge in [0.1, 0.15) is 0 Å². The SMILES string of the molecule is NC1(C2CCC[C@@H]2C(=O)O)CC1. The van der Waals surface area contributed by atoms with Crippen LogP contribution in [0.15, 0.2) is 0 Å². The zero-order chi connectivity index (χ0) is 8.77. The molecule has 3 heteroatoms. The van der Waals surface area contributed by atoms with E-state index in [1.54, 1.807) is 0 Å². The molecule has 0 aromatic carbocycles.